The van der Waals surface area contributed by atoms with Crippen molar-refractivity contribution in [1.29, 1.82) is 0 Å². The number of nitrogens with zero attached hydrogens (tertiary/aromatic N) is 3. The quantitative estimate of drug-likeness (QED) is 0.393. The highest BCUT2D eigenvalue weighted by atomic mass is 32.1. The average Bonchev–Trinajstić information content (AvgIpc) is 2.70. The van der Waals surface area contributed by atoms with Gasteiger partial charge in [-0.2, -0.15) is 9.36 Å². The lowest BCUT2D eigenvalue weighted by Crippen LogP contribution is -2.07. The second kappa shape index (κ2) is 6.53. The number of anilines is 1. The molecule has 3 N–H and O–H groups in total. The molecule has 1 aromatic rings. The number of aliphatic carboxylic acids is 1. The Kier molecular flexibility index (Phi) is 5.01. The zero-order valence-electron chi connectivity index (χ0n) is 8.62. The molecule has 0 saturated heterocycles. The lowest BCUT2D eigenvalue weighted by atomic mass is 10.3. The number of hydrogen-bond acceptors (Lipinski definition) is 8. The lowest BCUT2D eigenvalue weighted by Gasteiger charge is -1.97. The number of carboxylic acid groups (broad SMARTS) is 1. The van der Waals surface area contributed by atoms with Crippen LogP contribution in [-0.4, -0.2) is 39.0 Å². The highest BCUT2D eigenvalue weighted by Crippen LogP contribution is 2.06. The van der Waals surface area contributed by atoms with Crippen LogP contribution in [0.15, 0.2) is 5.16 Å². The predicted molar refractivity (Wildman–Crippen MR) is 59.4 cm³/mol. The number of hydrogen-bond donors (Lipinski definition) is 2. The van der Waals surface area contributed by atoms with Crippen molar-refractivity contribution in [2.24, 2.45) is 5.16 Å². The summed E-state index contributed by atoms with van der Waals surface area (Å²) >= 11 is 0.919. The third-order valence-corrected chi connectivity index (χ3v) is 2.07. The summed E-state index contributed by atoms with van der Waals surface area (Å²) in [5.74, 6) is -0.880. The van der Waals surface area contributed by atoms with E-state index in [4.69, 9.17) is 15.7 Å². The average molecular weight is 257 g/mol. The third kappa shape index (κ3) is 4.55. The molecule has 9 heteroatoms. The van der Waals surface area contributed by atoms with Gasteiger partial charge >= 0.3 is 5.97 Å². The highest BCUT2D eigenvalue weighted by molar-refractivity contribution is 7.09. The first-order chi connectivity index (χ1) is 8.13. The van der Waals surface area contributed by atoms with Gasteiger partial charge in [0.15, 0.2) is 10.8 Å². The smallest absolute Gasteiger partial charge is 0.303 e. The van der Waals surface area contributed by atoms with E-state index in [0.29, 0.717) is 0 Å². The molecule has 0 aromatic carbocycles. The maximum absolute atomic E-state index is 10.5. The van der Waals surface area contributed by atoms with Crippen LogP contribution in [0.3, 0.4) is 0 Å². The van der Waals surface area contributed by atoms with E-state index in [1.165, 1.54) is 6.29 Å². The maximum Gasteiger partial charge on any atom is 0.303 e. The van der Waals surface area contributed by atoms with E-state index in [-0.39, 0.29) is 36.1 Å². The van der Waals surface area contributed by atoms with Crippen LogP contribution in [0.25, 0.3) is 0 Å². The fourth-order valence-corrected chi connectivity index (χ4v) is 1.27. The topological polar surface area (TPSA) is 128 Å². The molecule has 17 heavy (non-hydrogen) atoms. The maximum atomic E-state index is 10.5. The van der Waals surface area contributed by atoms with Gasteiger partial charge in [-0.1, -0.05) is 5.16 Å². The summed E-state index contributed by atoms with van der Waals surface area (Å²) in [5.41, 5.74) is 5.13. The molecule has 0 amide bonds. The van der Waals surface area contributed by atoms with Crippen molar-refractivity contribution in [1.82, 2.24) is 9.36 Å². The van der Waals surface area contributed by atoms with Gasteiger partial charge in [0.25, 0.3) is 6.29 Å². The largest absolute Gasteiger partial charge is 0.481 e. The van der Waals surface area contributed by atoms with Crippen LogP contribution in [0.2, 0.25) is 0 Å². The monoisotopic (exact) mass is 257 g/mol. The van der Waals surface area contributed by atoms with Gasteiger partial charge in [-0.05, 0) is 6.42 Å². The summed E-state index contributed by atoms with van der Waals surface area (Å²) in [6.07, 6.45) is 1.78. The second-order valence-electron chi connectivity index (χ2n) is 2.83. The van der Waals surface area contributed by atoms with Crippen molar-refractivity contribution < 1.29 is 19.5 Å². The molecule has 0 saturated carbocycles. The summed E-state index contributed by atoms with van der Waals surface area (Å²) in [5, 5.41) is 12.0. The van der Waals surface area contributed by atoms with Crippen LogP contribution in [0, 0.1) is 0 Å². The van der Waals surface area contributed by atoms with Gasteiger partial charge in [-0.15, -0.1) is 0 Å². The van der Waals surface area contributed by atoms with Crippen molar-refractivity contribution in [2.45, 2.75) is 12.8 Å². The summed E-state index contributed by atoms with van der Waals surface area (Å²) in [7, 11) is 0. The van der Waals surface area contributed by atoms with Crippen molar-refractivity contribution >= 4 is 34.6 Å². The molecule has 8 nitrogen and oxygen atoms in total. The van der Waals surface area contributed by atoms with Crippen LogP contribution >= 0.6 is 11.5 Å². The second-order valence-corrected chi connectivity index (χ2v) is 3.61. The minimum atomic E-state index is -0.923. The van der Waals surface area contributed by atoms with E-state index < -0.39 is 5.97 Å². The Hall–Kier alpha value is -2.03. The molecule has 91 valence electrons. The fourth-order valence-electron chi connectivity index (χ4n) is 0.835. The molecule has 1 rings (SSSR count). The molecular formula is C8H9N4O4S. The Morgan fingerprint density at radius 3 is 2.94 bits per heavy atom. The van der Waals surface area contributed by atoms with Crippen molar-refractivity contribution in [3.8, 4) is 0 Å². The summed E-state index contributed by atoms with van der Waals surface area (Å²) < 4.78 is 3.75. The molecule has 0 unspecified atom stereocenters. The minimum absolute atomic E-state index is 0.0302. The first-order valence-corrected chi connectivity index (χ1v) is 5.30. The molecule has 0 spiro atoms. The Morgan fingerprint density at radius 2 is 2.41 bits per heavy atom. The summed E-state index contributed by atoms with van der Waals surface area (Å²) in [6.45, 7) is 0.0805. The molecule has 0 aliphatic heterocycles. The number of rotatable bonds is 7. The molecule has 0 aliphatic rings. The lowest BCUT2D eigenvalue weighted by molar-refractivity contribution is -0.137. The Morgan fingerprint density at radius 1 is 1.65 bits per heavy atom. The molecule has 1 heterocycles. The fraction of sp³-hybridized carbons (Fsp3) is 0.375. The number of carbonyl (C=O) groups is 1. The van der Waals surface area contributed by atoms with Gasteiger partial charge in [0.1, 0.15) is 6.61 Å². The number of carboxylic acids is 1. The normalized spacial score (nSPS) is 11.2. The summed E-state index contributed by atoms with van der Waals surface area (Å²) in [4.78, 5) is 29.2. The predicted octanol–water partition coefficient (Wildman–Crippen LogP) is -0.185. The van der Waals surface area contributed by atoms with E-state index in [9.17, 15) is 9.59 Å². The standard InChI is InChI=1S/C8H9N4O4S/c9-8-10-7(12-17-8)5(4-13)11-16-3-1-2-6(14)15/h1-3H2,(H,14,15)(H2,9,10,12). The van der Waals surface area contributed by atoms with Crippen LogP contribution in [-0.2, 0) is 14.4 Å². The molecule has 0 atom stereocenters. The van der Waals surface area contributed by atoms with E-state index in [0.717, 1.165) is 11.5 Å². The molecule has 0 aliphatic carbocycles. The number of nitrogens with two attached hydrogens (primary N) is 1. The Labute approximate surface area is 100 Å². The Bertz CT molecular complexity index is 431. The molecule has 0 bridgehead atoms. The van der Waals surface area contributed by atoms with Gasteiger partial charge in [-0.25, -0.2) is 0 Å². The van der Waals surface area contributed by atoms with Gasteiger partial charge in [-0.3, -0.25) is 9.59 Å². The Balaban J connectivity index is 2.45. The van der Waals surface area contributed by atoms with Crippen LogP contribution in [0.4, 0.5) is 5.13 Å². The molecular weight excluding hydrogens is 248 g/mol. The molecule has 1 aromatic heterocycles. The van der Waals surface area contributed by atoms with Crippen molar-refractivity contribution in [2.75, 3.05) is 12.3 Å². The van der Waals surface area contributed by atoms with E-state index >= 15 is 0 Å². The van der Waals surface area contributed by atoms with Gasteiger partial charge in [0, 0.05) is 18.0 Å². The zero-order valence-corrected chi connectivity index (χ0v) is 9.44. The molecule has 0 fully saturated rings. The number of aromatic nitrogens is 2. The van der Waals surface area contributed by atoms with Crippen LogP contribution < -0.4 is 5.73 Å². The number of carbonyl (C=O) groups excluding carboxylic acids is 1. The van der Waals surface area contributed by atoms with Crippen molar-refractivity contribution in [3.05, 3.63) is 5.82 Å². The highest BCUT2D eigenvalue weighted by Gasteiger charge is 2.10. The first-order valence-electron chi connectivity index (χ1n) is 4.53. The first kappa shape index (κ1) is 13.0. The van der Waals surface area contributed by atoms with Crippen molar-refractivity contribution in [3.63, 3.8) is 0 Å². The molecule has 1 radical (unpaired) electrons. The zero-order chi connectivity index (χ0) is 12.7. The number of nitrogen functional groups attached to an aromatic ring is 1. The van der Waals surface area contributed by atoms with Gasteiger partial charge in [0.2, 0.25) is 5.82 Å². The van der Waals surface area contributed by atoms with E-state index in [1.807, 2.05) is 0 Å². The van der Waals surface area contributed by atoms with Gasteiger partial charge < -0.3 is 15.7 Å². The van der Waals surface area contributed by atoms with E-state index in [2.05, 4.69) is 14.5 Å². The van der Waals surface area contributed by atoms with Crippen LogP contribution in [0.1, 0.15) is 18.7 Å². The third-order valence-electron chi connectivity index (χ3n) is 1.53. The summed E-state index contributed by atoms with van der Waals surface area (Å²) in [6, 6.07) is 0. The number of oxime groups is 1. The minimum Gasteiger partial charge on any atom is -0.481 e. The SMILES string of the molecule is Nc1nc(C([C]=O)=NOCCCC(=O)O)ns1. The van der Waals surface area contributed by atoms with Crippen LogP contribution in [0.5, 0.6) is 0 Å². The van der Waals surface area contributed by atoms with E-state index in [1.54, 1.807) is 0 Å². The van der Waals surface area contributed by atoms with Gasteiger partial charge in [0.05, 0.1) is 0 Å².